The molecule has 0 saturated heterocycles. The van der Waals surface area contributed by atoms with Gasteiger partial charge in [0, 0.05) is 17.1 Å². The van der Waals surface area contributed by atoms with Crippen LogP contribution in [0.15, 0.2) is 88.2 Å². The lowest BCUT2D eigenvalue weighted by Crippen LogP contribution is -2.52. The first-order chi connectivity index (χ1) is 18.0. The maximum atomic E-state index is 13.9. The summed E-state index contributed by atoms with van der Waals surface area (Å²) < 4.78 is 29.3. The van der Waals surface area contributed by atoms with Gasteiger partial charge < -0.3 is 10.2 Å². The van der Waals surface area contributed by atoms with Gasteiger partial charge in [0.1, 0.15) is 12.6 Å². The number of sulfonamides is 1. The molecule has 3 aromatic rings. The number of nitrogens with one attached hydrogen (secondary N) is 1. The van der Waals surface area contributed by atoms with Crippen molar-refractivity contribution in [2.75, 3.05) is 10.8 Å². The van der Waals surface area contributed by atoms with Crippen molar-refractivity contribution < 1.29 is 18.0 Å². The molecule has 0 spiro atoms. The highest BCUT2D eigenvalue weighted by Gasteiger charge is 2.32. The second-order valence-electron chi connectivity index (χ2n) is 9.30. The van der Waals surface area contributed by atoms with Crippen molar-refractivity contribution in [1.29, 1.82) is 0 Å². The number of rotatable bonds is 11. The summed E-state index contributed by atoms with van der Waals surface area (Å²) in [6.45, 7) is 7.20. The number of nitrogens with zero attached hydrogens (tertiary/aromatic N) is 2. The first-order valence-corrected chi connectivity index (χ1v) is 14.7. The van der Waals surface area contributed by atoms with E-state index in [-0.39, 0.29) is 23.4 Å². The monoisotopic (exact) mass is 599 g/mol. The second kappa shape index (κ2) is 13.1. The van der Waals surface area contributed by atoms with E-state index in [0.29, 0.717) is 5.69 Å². The van der Waals surface area contributed by atoms with Gasteiger partial charge >= 0.3 is 0 Å². The van der Waals surface area contributed by atoms with Crippen molar-refractivity contribution >= 4 is 43.5 Å². The van der Waals surface area contributed by atoms with E-state index in [2.05, 4.69) is 21.2 Å². The lowest BCUT2D eigenvalue weighted by molar-refractivity contribution is -0.139. The number of amides is 2. The van der Waals surface area contributed by atoms with E-state index < -0.39 is 28.5 Å². The highest BCUT2D eigenvalue weighted by Crippen LogP contribution is 2.26. The number of hydrogen-bond donors (Lipinski definition) is 1. The first kappa shape index (κ1) is 29.4. The third-order valence-corrected chi connectivity index (χ3v) is 8.68. The van der Waals surface area contributed by atoms with Gasteiger partial charge in [-0.05, 0) is 69.2 Å². The van der Waals surface area contributed by atoms with E-state index in [1.807, 2.05) is 45.0 Å². The molecule has 202 valence electrons. The van der Waals surface area contributed by atoms with Gasteiger partial charge in [0.05, 0.1) is 10.6 Å². The SMILES string of the molecule is CC[C@H](C)NC(=O)[C@@H](C)N(Cc1ccc(C)cc1)C(=O)CN(c1ccc(Br)cc1)S(=O)(=O)c1ccccc1. The van der Waals surface area contributed by atoms with Crippen molar-refractivity contribution in [2.45, 2.75) is 57.6 Å². The molecule has 3 aromatic carbocycles. The number of halogens is 1. The van der Waals surface area contributed by atoms with E-state index in [4.69, 9.17) is 0 Å². The second-order valence-corrected chi connectivity index (χ2v) is 12.1. The largest absolute Gasteiger partial charge is 0.352 e. The molecule has 0 aromatic heterocycles. The van der Waals surface area contributed by atoms with Crippen LogP contribution >= 0.6 is 15.9 Å². The molecule has 0 saturated carbocycles. The topological polar surface area (TPSA) is 86.8 Å². The van der Waals surface area contributed by atoms with Crippen LogP contribution < -0.4 is 9.62 Å². The average Bonchev–Trinajstić information content (AvgIpc) is 2.91. The van der Waals surface area contributed by atoms with E-state index in [9.17, 15) is 18.0 Å². The fraction of sp³-hybridized carbons (Fsp3) is 0.310. The van der Waals surface area contributed by atoms with Gasteiger partial charge in [-0.1, -0.05) is 70.9 Å². The lowest BCUT2D eigenvalue weighted by Gasteiger charge is -2.32. The number of carbonyl (C=O) groups excluding carboxylic acids is 2. The van der Waals surface area contributed by atoms with E-state index in [1.165, 1.54) is 17.0 Å². The van der Waals surface area contributed by atoms with Crippen molar-refractivity contribution in [3.8, 4) is 0 Å². The Morgan fingerprint density at radius 2 is 1.53 bits per heavy atom. The summed E-state index contributed by atoms with van der Waals surface area (Å²) in [4.78, 5) is 28.5. The maximum absolute atomic E-state index is 13.9. The summed E-state index contributed by atoms with van der Waals surface area (Å²) in [5, 5.41) is 2.94. The summed E-state index contributed by atoms with van der Waals surface area (Å²) in [7, 11) is -4.07. The Labute approximate surface area is 234 Å². The molecule has 1 N–H and O–H groups in total. The molecule has 0 heterocycles. The Bertz CT molecular complexity index is 1330. The Morgan fingerprint density at radius 3 is 2.11 bits per heavy atom. The summed E-state index contributed by atoms with van der Waals surface area (Å²) in [5.41, 5.74) is 2.26. The van der Waals surface area contributed by atoms with Crippen LogP contribution in [0.3, 0.4) is 0 Å². The Kier molecular flexibility index (Phi) is 10.1. The molecule has 0 aliphatic rings. The standard InChI is InChI=1S/C29H34BrN3O4S/c1-5-22(3)31-29(35)23(4)32(19-24-13-11-21(2)12-14-24)28(34)20-33(26-17-15-25(30)16-18-26)38(36,37)27-9-7-6-8-10-27/h6-18,22-23H,5,19-20H2,1-4H3,(H,31,35)/t22-,23+/m0/s1. The third kappa shape index (κ3) is 7.45. The van der Waals surface area contributed by atoms with Gasteiger partial charge in [0.2, 0.25) is 11.8 Å². The van der Waals surface area contributed by atoms with E-state index in [0.717, 1.165) is 26.3 Å². The molecule has 0 fully saturated rings. The van der Waals surface area contributed by atoms with Crippen LogP contribution in [0.1, 0.15) is 38.3 Å². The van der Waals surface area contributed by atoms with Crippen LogP contribution in [0.2, 0.25) is 0 Å². The molecular formula is C29H34BrN3O4S. The molecule has 0 unspecified atom stereocenters. The Balaban J connectivity index is 2.00. The van der Waals surface area contributed by atoms with Crippen LogP contribution in [0.25, 0.3) is 0 Å². The zero-order valence-corrected chi connectivity index (χ0v) is 24.5. The predicted octanol–water partition coefficient (Wildman–Crippen LogP) is 5.28. The van der Waals surface area contributed by atoms with Crippen molar-refractivity contribution in [3.63, 3.8) is 0 Å². The van der Waals surface area contributed by atoms with Gasteiger partial charge in [-0.2, -0.15) is 0 Å². The zero-order chi connectivity index (χ0) is 27.9. The number of aryl methyl sites for hydroxylation is 1. The lowest BCUT2D eigenvalue weighted by atomic mass is 10.1. The first-order valence-electron chi connectivity index (χ1n) is 12.5. The minimum absolute atomic E-state index is 0.0565. The number of benzene rings is 3. The highest BCUT2D eigenvalue weighted by atomic mass is 79.9. The fourth-order valence-corrected chi connectivity index (χ4v) is 5.49. The average molecular weight is 601 g/mol. The zero-order valence-electron chi connectivity index (χ0n) is 22.1. The number of anilines is 1. The number of hydrogen-bond acceptors (Lipinski definition) is 4. The molecule has 0 aliphatic carbocycles. The minimum Gasteiger partial charge on any atom is -0.352 e. The van der Waals surface area contributed by atoms with Crippen molar-refractivity contribution in [1.82, 2.24) is 10.2 Å². The molecule has 2 atom stereocenters. The summed E-state index contributed by atoms with van der Waals surface area (Å²) in [5.74, 6) is -0.777. The van der Waals surface area contributed by atoms with E-state index >= 15 is 0 Å². The minimum atomic E-state index is -4.07. The molecule has 0 bridgehead atoms. The van der Waals surface area contributed by atoms with Crippen LogP contribution in [0.4, 0.5) is 5.69 Å². The van der Waals surface area contributed by atoms with Gasteiger partial charge in [0.25, 0.3) is 10.0 Å². The van der Waals surface area contributed by atoms with Gasteiger partial charge in [-0.3, -0.25) is 13.9 Å². The predicted molar refractivity (Wildman–Crippen MR) is 154 cm³/mol. The molecule has 9 heteroatoms. The van der Waals surface area contributed by atoms with Crippen LogP contribution in [-0.4, -0.2) is 43.8 Å². The maximum Gasteiger partial charge on any atom is 0.264 e. The Morgan fingerprint density at radius 1 is 0.921 bits per heavy atom. The van der Waals surface area contributed by atoms with Crippen molar-refractivity contribution in [2.24, 2.45) is 0 Å². The van der Waals surface area contributed by atoms with Gasteiger partial charge in [-0.15, -0.1) is 0 Å². The molecule has 38 heavy (non-hydrogen) atoms. The number of carbonyl (C=O) groups is 2. The quantitative estimate of drug-likeness (QED) is 0.324. The van der Waals surface area contributed by atoms with Crippen LogP contribution in [-0.2, 0) is 26.2 Å². The van der Waals surface area contributed by atoms with Crippen LogP contribution in [0.5, 0.6) is 0 Å². The normalized spacial score (nSPS) is 12.9. The molecule has 3 rings (SSSR count). The van der Waals surface area contributed by atoms with Gasteiger partial charge in [0.15, 0.2) is 0 Å². The third-order valence-electron chi connectivity index (χ3n) is 6.37. The summed E-state index contributed by atoms with van der Waals surface area (Å²) >= 11 is 3.38. The van der Waals surface area contributed by atoms with Crippen molar-refractivity contribution in [3.05, 3.63) is 94.5 Å². The Hall–Kier alpha value is -3.17. The molecule has 7 nitrogen and oxygen atoms in total. The van der Waals surface area contributed by atoms with E-state index in [1.54, 1.807) is 49.4 Å². The highest BCUT2D eigenvalue weighted by molar-refractivity contribution is 9.10. The molecule has 2 amide bonds. The summed E-state index contributed by atoms with van der Waals surface area (Å²) in [6, 6.07) is 21.5. The van der Waals surface area contributed by atoms with Gasteiger partial charge in [-0.25, -0.2) is 8.42 Å². The van der Waals surface area contributed by atoms with Crippen LogP contribution in [0, 0.1) is 6.92 Å². The smallest absolute Gasteiger partial charge is 0.264 e. The molecule has 0 aliphatic heterocycles. The molecular weight excluding hydrogens is 566 g/mol. The summed E-state index contributed by atoms with van der Waals surface area (Å²) in [6.07, 6.45) is 0.747. The molecule has 0 radical (unpaired) electrons. The fourth-order valence-electron chi connectivity index (χ4n) is 3.79.